The summed E-state index contributed by atoms with van der Waals surface area (Å²) in [7, 11) is 0. The molecule has 78 valence electrons. The van der Waals surface area contributed by atoms with Crippen molar-refractivity contribution in [3.8, 4) is 10.8 Å². The maximum absolute atomic E-state index is 5.63. The summed E-state index contributed by atoms with van der Waals surface area (Å²) in [4.78, 5) is 6.53. The van der Waals surface area contributed by atoms with E-state index >= 15 is 0 Å². The van der Waals surface area contributed by atoms with Crippen LogP contribution in [-0.4, -0.2) is 10.1 Å². The molecule has 0 aromatic carbocycles. The molecule has 0 amide bonds. The zero-order valence-electron chi connectivity index (χ0n) is 7.99. The standard InChI is InChI=1S/C10H9ClN2OS/c11-10-12-9(14-13-10)8-5-6-3-1-2-4-7(6)15-8/h5H,1-4H2. The van der Waals surface area contributed by atoms with E-state index in [1.807, 2.05) is 0 Å². The molecule has 0 radical (unpaired) electrons. The van der Waals surface area contributed by atoms with Crippen molar-refractivity contribution in [2.75, 3.05) is 0 Å². The van der Waals surface area contributed by atoms with Gasteiger partial charge in [-0.25, -0.2) is 0 Å². The first-order valence-electron chi connectivity index (χ1n) is 4.94. The highest BCUT2D eigenvalue weighted by atomic mass is 35.5. The van der Waals surface area contributed by atoms with Gasteiger partial charge in [0.05, 0.1) is 4.88 Å². The molecule has 15 heavy (non-hydrogen) atoms. The molecule has 3 rings (SSSR count). The van der Waals surface area contributed by atoms with Crippen molar-refractivity contribution < 1.29 is 4.52 Å². The predicted molar refractivity (Wildman–Crippen MR) is 59.3 cm³/mol. The van der Waals surface area contributed by atoms with Gasteiger partial charge in [-0.3, -0.25) is 0 Å². The van der Waals surface area contributed by atoms with E-state index in [0.717, 1.165) is 4.88 Å². The second kappa shape index (κ2) is 3.61. The highest BCUT2D eigenvalue weighted by molar-refractivity contribution is 7.15. The van der Waals surface area contributed by atoms with E-state index in [1.54, 1.807) is 11.3 Å². The number of rotatable bonds is 1. The minimum atomic E-state index is 0.177. The third-order valence-corrected chi connectivity index (χ3v) is 3.99. The number of aromatic nitrogens is 2. The summed E-state index contributed by atoms with van der Waals surface area (Å²) in [6, 6.07) is 2.16. The van der Waals surface area contributed by atoms with Crippen LogP contribution >= 0.6 is 22.9 Å². The van der Waals surface area contributed by atoms with Crippen LogP contribution < -0.4 is 0 Å². The SMILES string of the molecule is Clc1noc(-c2cc3c(s2)CCCC3)n1. The van der Waals surface area contributed by atoms with Crippen molar-refractivity contribution in [2.45, 2.75) is 25.7 Å². The second-order valence-corrected chi connectivity index (χ2v) is 5.11. The van der Waals surface area contributed by atoms with Gasteiger partial charge < -0.3 is 4.52 Å². The van der Waals surface area contributed by atoms with Gasteiger partial charge in [0.2, 0.25) is 0 Å². The Morgan fingerprint density at radius 3 is 2.93 bits per heavy atom. The second-order valence-electron chi connectivity index (χ2n) is 3.63. The van der Waals surface area contributed by atoms with Gasteiger partial charge in [0.25, 0.3) is 11.2 Å². The largest absolute Gasteiger partial charge is 0.332 e. The van der Waals surface area contributed by atoms with Gasteiger partial charge in [0.1, 0.15) is 0 Å². The highest BCUT2D eigenvalue weighted by Gasteiger charge is 2.17. The van der Waals surface area contributed by atoms with E-state index in [2.05, 4.69) is 16.2 Å². The van der Waals surface area contributed by atoms with E-state index in [4.69, 9.17) is 16.1 Å². The Hall–Kier alpha value is -0.870. The van der Waals surface area contributed by atoms with Gasteiger partial charge in [-0.2, -0.15) is 4.98 Å². The molecule has 0 fully saturated rings. The summed E-state index contributed by atoms with van der Waals surface area (Å²) >= 11 is 7.37. The van der Waals surface area contributed by atoms with Crippen LogP contribution in [0, 0.1) is 0 Å². The van der Waals surface area contributed by atoms with Crippen LogP contribution in [0.1, 0.15) is 23.3 Å². The number of hydrogen-bond acceptors (Lipinski definition) is 4. The number of fused-ring (bicyclic) bond motifs is 1. The molecular formula is C10H9ClN2OS. The fourth-order valence-corrected chi connectivity index (χ4v) is 3.19. The first-order chi connectivity index (χ1) is 7.33. The van der Waals surface area contributed by atoms with Crippen molar-refractivity contribution in [3.63, 3.8) is 0 Å². The quantitative estimate of drug-likeness (QED) is 0.768. The molecule has 3 nitrogen and oxygen atoms in total. The minimum absolute atomic E-state index is 0.177. The molecule has 2 aromatic rings. The van der Waals surface area contributed by atoms with Crippen molar-refractivity contribution >= 4 is 22.9 Å². The number of halogens is 1. The Balaban J connectivity index is 2.02. The Morgan fingerprint density at radius 2 is 2.20 bits per heavy atom. The van der Waals surface area contributed by atoms with Crippen LogP contribution in [0.25, 0.3) is 10.8 Å². The van der Waals surface area contributed by atoms with Gasteiger partial charge in [0.15, 0.2) is 0 Å². The summed E-state index contributed by atoms with van der Waals surface area (Å²) in [5.41, 5.74) is 1.44. The molecule has 2 heterocycles. The molecule has 0 spiro atoms. The van der Waals surface area contributed by atoms with Crippen molar-refractivity contribution in [1.29, 1.82) is 0 Å². The van der Waals surface area contributed by atoms with Gasteiger partial charge in [0, 0.05) is 4.88 Å². The third kappa shape index (κ3) is 1.68. The van der Waals surface area contributed by atoms with E-state index in [-0.39, 0.29) is 5.28 Å². The summed E-state index contributed by atoms with van der Waals surface area (Å²) in [6.45, 7) is 0. The molecule has 0 N–H and O–H groups in total. The number of nitrogens with zero attached hydrogens (tertiary/aromatic N) is 2. The van der Waals surface area contributed by atoms with E-state index in [9.17, 15) is 0 Å². The maximum atomic E-state index is 5.63. The van der Waals surface area contributed by atoms with Crippen molar-refractivity contribution in [2.24, 2.45) is 0 Å². The smallest absolute Gasteiger partial charge is 0.269 e. The summed E-state index contributed by atoms with van der Waals surface area (Å²) in [6.07, 6.45) is 4.93. The summed E-state index contributed by atoms with van der Waals surface area (Å²) in [5.74, 6) is 0.541. The molecule has 2 aromatic heterocycles. The van der Waals surface area contributed by atoms with Crippen LogP contribution in [0.2, 0.25) is 5.28 Å². The normalized spacial score (nSPS) is 15.3. The van der Waals surface area contributed by atoms with Gasteiger partial charge in [-0.15, -0.1) is 11.3 Å². The Morgan fingerprint density at radius 1 is 1.33 bits per heavy atom. The fraction of sp³-hybridized carbons (Fsp3) is 0.400. The number of aryl methyl sites for hydroxylation is 2. The van der Waals surface area contributed by atoms with Crippen LogP contribution in [0.15, 0.2) is 10.6 Å². The zero-order chi connectivity index (χ0) is 10.3. The van der Waals surface area contributed by atoms with Gasteiger partial charge in [-0.05, 0) is 54.1 Å². The lowest BCUT2D eigenvalue weighted by Crippen LogP contribution is -1.96. The highest BCUT2D eigenvalue weighted by Crippen LogP contribution is 2.35. The summed E-state index contributed by atoms with van der Waals surface area (Å²) in [5, 5.41) is 3.76. The van der Waals surface area contributed by atoms with Crippen molar-refractivity contribution in [3.05, 3.63) is 21.8 Å². The summed E-state index contributed by atoms with van der Waals surface area (Å²) < 4.78 is 5.05. The van der Waals surface area contributed by atoms with Crippen LogP contribution in [0.3, 0.4) is 0 Å². The molecule has 0 saturated heterocycles. The molecule has 0 saturated carbocycles. The van der Waals surface area contributed by atoms with Crippen LogP contribution in [0.5, 0.6) is 0 Å². The molecule has 0 aliphatic heterocycles. The maximum Gasteiger partial charge on any atom is 0.269 e. The first-order valence-corrected chi connectivity index (χ1v) is 6.13. The van der Waals surface area contributed by atoms with E-state index < -0.39 is 0 Å². The van der Waals surface area contributed by atoms with E-state index in [1.165, 1.54) is 36.1 Å². The lowest BCUT2D eigenvalue weighted by Gasteiger charge is -2.08. The molecule has 5 heteroatoms. The average molecular weight is 241 g/mol. The average Bonchev–Trinajstić information content (AvgIpc) is 2.82. The lowest BCUT2D eigenvalue weighted by molar-refractivity contribution is 0.431. The molecule has 1 aliphatic carbocycles. The Bertz CT molecular complexity index is 468. The molecular weight excluding hydrogens is 232 g/mol. The van der Waals surface area contributed by atoms with Gasteiger partial charge in [-0.1, -0.05) is 0 Å². The molecule has 0 bridgehead atoms. The minimum Gasteiger partial charge on any atom is -0.332 e. The predicted octanol–water partition coefficient (Wildman–Crippen LogP) is 3.33. The van der Waals surface area contributed by atoms with Crippen molar-refractivity contribution in [1.82, 2.24) is 10.1 Å². The van der Waals surface area contributed by atoms with Gasteiger partial charge >= 0.3 is 0 Å². The monoisotopic (exact) mass is 240 g/mol. The number of thiophene rings is 1. The Labute approximate surface area is 96.1 Å². The Kier molecular flexibility index (Phi) is 2.25. The molecule has 1 aliphatic rings. The van der Waals surface area contributed by atoms with E-state index in [0.29, 0.717) is 5.89 Å². The lowest BCUT2D eigenvalue weighted by atomic mass is 9.99. The zero-order valence-corrected chi connectivity index (χ0v) is 9.57. The topological polar surface area (TPSA) is 38.9 Å². The molecule has 0 unspecified atom stereocenters. The third-order valence-electron chi connectivity index (χ3n) is 2.61. The number of hydrogen-bond donors (Lipinski definition) is 0. The van der Waals surface area contributed by atoms with Crippen LogP contribution in [-0.2, 0) is 12.8 Å². The fourth-order valence-electron chi connectivity index (χ4n) is 1.90. The first kappa shape index (κ1) is 9.36. The molecule has 0 atom stereocenters. The van der Waals surface area contributed by atoms with Crippen LogP contribution in [0.4, 0.5) is 0 Å².